The number of amidine groups is 1. The van der Waals surface area contributed by atoms with Crippen LogP contribution in [-0.4, -0.2) is 12.9 Å². The first kappa shape index (κ1) is 17.4. The minimum atomic E-state index is 0.565. The first-order valence-corrected chi connectivity index (χ1v) is 4.66. The minimum Gasteiger partial charge on any atom is -0.398 e. The highest BCUT2D eigenvalue weighted by Crippen LogP contribution is 1.85. The lowest BCUT2D eigenvalue weighted by atomic mass is 10.3. The molecule has 0 aromatic carbocycles. The lowest BCUT2D eigenvalue weighted by Crippen LogP contribution is -2.10. The van der Waals surface area contributed by atoms with Crippen LogP contribution in [0.3, 0.4) is 0 Å². The van der Waals surface area contributed by atoms with Gasteiger partial charge in [0, 0.05) is 6.42 Å². The van der Waals surface area contributed by atoms with Gasteiger partial charge in [0.2, 0.25) is 0 Å². The van der Waals surface area contributed by atoms with Gasteiger partial charge in [-0.1, -0.05) is 39.8 Å². The van der Waals surface area contributed by atoms with Gasteiger partial charge in [0.15, 0.2) is 0 Å². The summed E-state index contributed by atoms with van der Waals surface area (Å²) in [5, 5.41) is 3.51. The predicted octanol–water partition coefficient (Wildman–Crippen LogP) is 2.76. The van der Waals surface area contributed by atoms with Crippen LogP contribution in [0.4, 0.5) is 0 Å². The normalized spacial score (nSPS) is 8.67. The molecule has 0 atom stereocenters. The fraction of sp³-hybridized carbons (Fsp3) is 0.889. The fourth-order valence-corrected chi connectivity index (χ4v) is 0.419. The molecule has 0 bridgehead atoms. The average Bonchev–Trinajstić information content (AvgIpc) is 2.12. The van der Waals surface area contributed by atoms with Gasteiger partial charge in [-0.3, -0.25) is 0 Å². The quantitative estimate of drug-likeness (QED) is 0.408. The van der Waals surface area contributed by atoms with Crippen LogP contribution in [0.25, 0.3) is 0 Å². The van der Waals surface area contributed by atoms with Crippen molar-refractivity contribution in [2.75, 3.05) is 7.11 Å². The second-order valence-electron chi connectivity index (χ2n) is 1.52. The zero-order valence-corrected chi connectivity index (χ0v) is 9.35. The molecule has 0 rings (SSSR count). The summed E-state index contributed by atoms with van der Waals surface area (Å²) in [5.74, 6) is 0.565. The van der Waals surface area contributed by atoms with Crippen LogP contribution < -0.4 is 5.73 Å². The van der Waals surface area contributed by atoms with Crippen LogP contribution in [0.15, 0.2) is 5.16 Å². The Morgan fingerprint density at radius 3 is 1.92 bits per heavy atom. The predicted molar refractivity (Wildman–Crippen MR) is 56.2 cm³/mol. The Bertz CT molecular complexity index is 82.6. The van der Waals surface area contributed by atoms with Gasteiger partial charge in [0.05, 0.1) is 0 Å². The Labute approximate surface area is 77.0 Å². The SMILES string of the molecule is CC.CC.CCC/C(N)=N/OC. The molecular weight excluding hydrogens is 152 g/mol. The van der Waals surface area contributed by atoms with Gasteiger partial charge in [-0.15, -0.1) is 0 Å². The summed E-state index contributed by atoms with van der Waals surface area (Å²) in [6, 6.07) is 0. The third kappa shape index (κ3) is 22.8. The minimum absolute atomic E-state index is 0.565. The van der Waals surface area contributed by atoms with Crippen molar-refractivity contribution in [1.82, 2.24) is 0 Å². The second kappa shape index (κ2) is 22.4. The number of rotatable bonds is 3. The Hall–Kier alpha value is -0.730. The van der Waals surface area contributed by atoms with Crippen LogP contribution in [0.1, 0.15) is 47.5 Å². The molecule has 0 saturated carbocycles. The van der Waals surface area contributed by atoms with Crippen LogP contribution in [0.2, 0.25) is 0 Å². The number of nitrogens with two attached hydrogens (primary N) is 1. The molecule has 0 saturated heterocycles. The zero-order chi connectivity index (χ0) is 10.4. The van der Waals surface area contributed by atoms with Crippen molar-refractivity contribution in [3.8, 4) is 0 Å². The van der Waals surface area contributed by atoms with E-state index in [1.807, 2.05) is 34.6 Å². The molecule has 0 aliphatic heterocycles. The molecule has 3 nitrogen and oxygen atoms in total. The Balaban J connectivity index is -0.000000175. The maximum absolute atomic E-state index is 5.32. The molecule has 0 spiro atoms. The van der Waals surface area contributed by atoms with Gasteiger partial charge >= 0.3 is 0 Å². The number of oxime groups is 1. The van der Waals surface area contributed by atoms with Gasteiger partial charge in [-0.2, -0.15) is 0 Å². The molecule has 0 fully saturated rings. The first-order chi connectivity index (χ1) is 5.81. The molecular formula is C9H24N2O. The number of nitrogens with zero attached hydrogens (tertiary/aromatic N) is 1. The van der Waals surface area contributed by atoms with E-state index in [2.05, 4.69) is 9.99 Å². The van der Waals surface area contributed by atoms with Crippen LogP contribution in [-0.2, 0) is 4.84 Å². The van der Waals surface area contributed by atoms with Gasteiger partial charge in [0.25, 0.3) is 0 Å². The Kier molecular flexibility index (Phi) is 32.5. The summed E-state index contributed by atoms with van der Waals surface area (Å²) in [6.07, 6.45) is 1.83. The zero-order valence-electron chi connectivity index (χ0n) is 9.35. The third-order valence-electron chi connectivity index (χ3n) is 0.715. The molecule has 76 valence electrons. The smallest absolute Gasteiger partial charge is 0.139 e. The Morgan fingerprint density at radius 1 is 1.25 bits per heavy atom. The fourth-order valence-electron chi connectivity index (χ4n) is 0.419. The molecule has 0 radical (unpaired) electrons. The topological polar surface area (TPSA) is 47.6 Å². The van der Waals surface area contributed by atoms with E-state index in [1.54, 1.807) is 0 Å². The molecule has 2 N–H and O–H groups in total. The molecule has 0 aliphatic rings. The van der Waals surface area contributed by atoms with E-state index in [0.717, 1.165) is 12.8 Å². The van der Waals surface area contributed by atoms with E-state index < -0.39 is 0 Å². The molecule has 12 heavy (non-hydrogen) atoms. The van der Waals surface area contributed by atoms with E-state index >= 15 is 0 Å². The van der Waals surface area contributed by atoms with Crippen molar-refractivity contribution in [2.24, 2.45) is 10.9 Å². The molecule has 0 amide bonds. The standard InChI is InChI=1S/C5H12N2O.2C2H6/c1-3-4-5(6)7-8-2;2*1-2/h3-4H2,1-2H3,(H2,6,7);2*1-2H3. The molecule has 0 unspecified atom stereocenters. The lowest BCUT2D eigenvalue weighted by Gasteiger charge is -1.92. The summed E-state index contributed by atoms with van der Waals surface area (Å²) < 4.78 is 0. The highest BCUT2D eigenvalue weighted by atomic mass is 16.6. The average molecular weight is 176 g/mol. The molecule has 0 aliphatic carbocycles. The van der Waals surface area contributed by atoms with E-state index in [0.29, 0.717) is 5.84 Å². The van der Waals surface area contributed by atoms with Crippen molar-refractivity contribution >= 4 is 5.84 Å². The maximum atomic E-state index is 5.32. The van der Waals surface area contributed by atoms with E-state index in [1.165, 1.54) is 7.11 Å². The lowest BCUT2D eigenvalue weighted by molar-refractivity contribution is 0.212. The van der Waals surface area contributed by atoms with Gasteiger partial charge in [-0.05, 0) is 6.42 Å². The van der Waals surface area contributed by atoms with Crippen LogP contribution in [0.5, 0.6) is 0 Å². The summed E-state index contributed by atoms with van der Waals surface area (Å²) in [4.78, 5) is 4.42. The monoisotopic (exact) mass is 176 g/mol. The van der Waals surface area contributed by atoms with Gasteiger partial charge in [0.1, 0.15) is 12.9 Å². The summed E-state index contributed by atoms with van der Waals surface area (Å²) in [5.41, 5.74) is 5.32. The van der Waals surface area contributed by atoms with Crippen molar-refractivity contribution in [1.29, 1.82) is 0 Å². The summed E-state index contributed by atoms with van der Waals surface area (Å²) in [7, 11) is 1.49. The van der Waals surface area contributed by atoms with Crippen LogP contribution >= 0.6 is 0 Å². The van der Waals surface area contributed by atoms with Gasteiger partial charge in [-0.25, -0.2) is 0 Å². The van der Waals surface area contributed by atoms with Crippen molar-refractivity contribution in [2.45, 2.75) is 47.5 Å². The summed E-state index contributed by atoms with van der Waals surface area (Å²) in [6.45, 7) is 10.0. The molecule has 0 aromatic heterocycles. The third-order valence-corrected chi connectivity index (χ3v) is 0.715. The van der Waals surface area contributed by atoms with Gasteiger partial charge < -0.3 is 10.6 Å². The first-order valence-electron chi connectivity index (χ1n) is 4.66. The van der Waals surface area contributed by atoms with E-state index in [-0.39, 0.29) is 0 Å². The highest BCUT2D eigenvalue weighted by molar-refractivity contribution is 5.79. The van der Waals surface area contributed by atoms with Crippen molar-refractivity contribution in [3.05, 3.63) is 0 Å². The molecule has 0 heterocycles. The second-order valence-corrected chi connectivity index (χ2v) is 1.52. The maximum Gasteiger partial charge on any atom is 0.139 e. The molecule has 3 heteroatoms. The molecule has 0 aromatic rings. The summed E-state index contributed by atoms with van der Waals surface area (Å²) >= 11 is 0. The van der Waals surface area contributed by atoms with Crippen molar-refractivity contribution < 1.29 is 4.84 Å². The largest absolute Gasteiger partial charge is 0.398 e. The Morgan fingerprint density at radius 2 is 1.67 bits per heavy atom. The highest BCUT2D eigenvalue weighted by Gasteiger charge is 1.86. The van der Waals surface area contributed by atoms with Crippen LogP contribution in [0, 0.1) is 0 Å². The number of hydrogen-bond acceptors (Lipinski definition) is 2. The van der Waals surface area contributed by atoms with E-state index in [4.69, 9.17) is 5.73 Å². The van der Waals surface area contributed by atoms with Crippen molar-refractivity contribution in [3.63, 3.8) is 0 Å². The van der Waals surface area contributed by atoms with E-state index in [9.17, 15) is 0 Å². The number of hydrogen-bond donors (Lipinski definition) is 1.